The number of ether oxygens (including phenoxy) is 2. The molecule has 0 radical (unpaired) electrons. The molecule has 1 heterocycles. The number of amides is 1. The predicted octanol–water partition coefficient (Wildman–Crippen LogP) is 5.83. The van der Waals surface area contributed by atoms with E-state index in [1.807, 2.05) is 0 Å². The first kappa shape index (κ1) is 32.9. The Kier molecular flexibility index (Phi) is 8.61. The zero-order valence-corrected chi connectivity index (χ0v) is 24.7. The second kappa shape index (κ2) is 12.0. The van der Waals surface area contributed by atoms with E-state index in [1.54, 1.807) is 0 Å². The largest absolute Gasteiger partial charge is 0.486 e. The molecule has 1 atom stereocenters. The summed E-state index contributed by atoms with van der Waals surface area (Å²) in [5.41, 5.74) is -2.63. The van der Waals surface area contributed by atoms with Gasteiger partial charge in [0.2, 0.25) is 5.91 Å². The van der Waals surface area contributed by atoms with E-state index in [-0.39, 0.29) is 47.7 Å². The smallest absolute Gasteiger partial charge is 0.416 e. The molecule has 1 saturated carbocycles. The first-order valence-corrected chi connectivity index (χ1v) is 15.2. The molecule has 46 heavy (non-hydrogen) atoms. The number of hydrogen-bond donors (Lipinski definition) is 2. The number of sulfonamides is 1. The third-order valence-corrected chi connectivity index (χ3v) is 9.60. The first-order chi connectivity index (χ1) is 21.5. The van der Waals surface area contributed by atoms with E-state index in [4.69, 9.17) is 4.74 Å². The fourth-order valence-electron chi connectivity index (χ4n) is 5.82. The fourth-order valence-corrected chi connectivity index (χ4v) is 7.37. The molecule has 0 spiro atoms. The van der Waals surface area contributed by atoms with Gasteiger partial charge in [-0.2, -0.15) is 22.0 Å². The molecule has 246 valence electrons. The van der Waals surface area contributed by atoms with E-state index in [0.29, 0.717) is 12.1 Å². The summed E-state index contributed by atoms with van der Waals surface area (Å²) < 4.78 is 120. The Labute approximate surface area is 258 Å². The molecule has 0 saturated heterocycles. The number of anilines is 1. The maximum Gasteiger partial charge on any atom is 0.416 e. The average molecular weight is 673 g/mol. The van der Waals surface area contributed by atoms with Crippen molar-refractivity contribution < 1.29 is 58.9 Å². The number of carboxylic acid groups (broad SMARTS) is 1. The van der Waals surface area contributed by atoms with Crippen molar-refractivity contribution in [2.75, 3.05) is 10.8 Å². The summed E-state index contributed by atoms with van der Waals surface area (Å²) in [6.07, 6.45) is -6.07. The second-order valence-electron chi connectivity index (χ2n) is 11.1. The van der Waals surface area contributed by atoms with Crippen LogP contribution in [0.1, 0.15) is 31.7 Å². The highest BCUT2D eigenvalue weighted by Crippen LogP contribution is 2.48. The van der Waals surface area contributed by atoms with Crippen LogP contribution in [0.15, 0.2) is 65.6 Å². The summed E-state index contributed by atoms with van der Waals surface area (Å²) in [4.78, 5) is 23.1. The molecule has 0 unspecified atom stereocenters. The van der Waals surface area contributed by atoms with Crippen molar-refractivity contribution in [3.8, 4) is 22.6 Å². The number of carbonyl (C=O) groups excluding carboxylic acids is 1. The van der Waals surface area contributed by atoms with E-state index < -0.39 is 74.9 Å². The Bertz CT molecular complexity index is 1780. The summed E-state index contributed by atoms with van der Waals surface area (Å²) in [6, 6.07) is 9.36. The quantitative estimate of drug-likeness (QED) is 0.275. The number of aliphatic carboxylic acids is 1. The summed E-state index contributed by atoms with van der Waals surface area (Å²) in [7, 11) is -4.76. The Hall–Kier alpha value is -4.47. The molecule has 0 aromatic heterocycles. The van der Waals surface area contributed by atoms with Crippen molar-refractivity contribution in [2.45, 2.75) is 56.0 Å². The van der Waals surface area contributed by atoms with E-state index >= 15 is 0 Å². The van der Waals surface area contributed by atoms with Crippen molar-refractivity contribution in [3.05, 3.63) is 72.0 Å². The zero-order valence-electron chi connectivity index (χ0n) is 23.9. The van der Waals surface area contributed by atoms with Gasteiger partial charge in [0, 0.05) is 25.5 Å². The second-order valence-corrected chi connectivity index (χ2v) is 13.0. The third-order valence-electron chi connectivity index (χ3n) is 7.82. The summed E-state index contributed by atoms with van der Waals surface area (Å²) in [6.45, 7) is -2.49. The van der Waals surface area contributed by atoms with Gasteiger partial charge >= 0.3 is 18.8 Å². The van der Waals surface area contributed by atoms with Gasteiger partial charge < -0.3 is 19.9 Å². The van der Waals surface area contributed by atoms with Crippen LogP contribution in [0.3, 0.4) is 0 Å². The normalized spacial score (nSPS) is 21.2. The fraction of sp³-hybridized carbons (Fsp3) is 0.333. The van der Waals surface area contributed by atoms with Crippen LogP contribution in [-0.2, 0) is 25.8 Å². The van der Waals surface area contributed by atoms with Crippen LogP contribution in [-0.4, -0.2) is 50.7 Å². The van der Waals surface area contributed by atoms with Crippen molar-refractivity contribution in [2.24, 2.45) is 5.41 Å². The van der Waals surface area contributed by atoms with Gasteiger partial charge in [0.05, 0.1) is 28.1 Å². The minimum Gasteiger partial charge on any atom is -0.486 e. The molecule has 0 bridgehead atoms. The molecule has 2 aliphatic rings. The molecular formula is C30H26F6N2O7S. The Balaban J connectivity index is 1.56. The van der Waals surface area contributed by atoms with Crippen LogP contribution in [0.4, 0.5) is 32.0 Å². The summed E-state index contributed by atoms with van der Waals surface area (Å²) >= 11 is 0. The highest BCUT2D eigenvalue weighted by molar-refractivity contribution is 7.92. The lowest BCUT2D eigenvalue weighted by molar-refractivity contribution is -0.159. The molecule has 2 N–H and O–H groups in total. The topological polar surface area (TPSA) is 122 Å². The molecular weight excluding hydrogens is 646 g/mol. The molecule has 1 aliphatic carbocycles. The van der Waals surface area contributed by atoms with Gasteiger partial charge in [0.15, 0.2) is 0 Å². The number of carboxylic acids is 1. The van der Waals surface area contributed by atoms with Gasteiger partial charge in [-0.3, -0.25) is 13.9 Å². The van der Waals surface area contributed by atoms with Gasteiger partial charge in [-0.15, -0.1) is 0 Å². The molecule has 3 aromatic carbocycles. The molecule has 1 amide bonds. The SMILES string of the molecule is CC(=O)N[C@H]1C[C@](C[C@H]2CN(S(=O)(=O)c3cccc(C(F)(F)F)c3)c3cc(-c4cc(F)cc(OC(F)F)c4)ccc3O2)(C(=O)O)C1. The highest BCUT2D eigenvalue weighted by Gasteiger charge is 2.53. The minimum absolute atomic E-state index is 0.0142. The zero-order chi connectivity index (χ0) is 33.6. The molecule has 5 rings (SSSR count). The standard InChI is InChI=1S/C30H26F6N2O7S/c1-16(39)37-21-12-29(13-21,27(40)41)14-23-15-38(46(42,43)24-4-2-3-19(10-24)30(34,35)36)25-9-17(5-6-26(25)44-23)18-7-20(31)11-22(8-18)45-28(32)33/h2-11,21,23,28H,12-15H2,1H3,(H,37,39)(H,40,41)/t21-,23-,29-/m0/s1. The lowest BCUT2D eigenvalue weighted by Gasteiger charge is -2.47. The van der Waals surface area contributed by atoms with Crippen molar-refractivity contribution in [1.29, 1.82) is 0 Å². The number of rotatable bonds is 9. The van der Waals surface area contributed by atoms with Crippen LogP contribution in [0.5, 0.6) is 11.5 Å². The summed E-state index contributed by atoms with van der Waals surface area (Å²) in [5.74, 6) is -3.07. The number of fused-ring (bicyclic) bond motifs is 1. The molecule has 1 fully saturated rings. The molecule has 3 aromatic rings. The van der Waals surface area contributed by atoms with Gasteiger partial charge in [0.1, 0.15) is 23.4 Å². The lowest BCUT2D eigenvalue weighted by Crippen LogP contribution is -2.57. The average Bonchev–Trinajstić information content (AvgIpc) is 2.93. The molecule has 16 heteroatoms. The van der Waals surface area contributed by atoms with Gasteiger partial charge in [-0.1, -0.05) is 12.1 Å². The summed E-state index contributed by atoms with van der Waals surface area (Å²) in [5, 5.41) is 12.7. The van der Waals surface area contributed by atoms with Crippen LogP contribution < -0.4 is 19.1 Å². The maximum absolute atomic E-state index is 14.3. The molecule has 9 nitrogen and oxygen atoms in total. The van der Waals surface area contributed by atoms with Gasteiger partial charge in [-0.05, 0) is 66.4 Å². The number of nitrogens with zero attached hydrogens (tertiary/aromatic N) is 1. The number of halogens is 6. The molecule has 1 aliphatic heterocycles. The van der Waals surface area contributed by atoms with Crippen LogP contribution in [0.25, 0.3) is 11.1 Å². The highest BCUT2D eigenvalue weighted by atomic mass is 32.2. The van der Waals surface area contributed by atoms with Gasteiger partial charge in [0.25, 0.3) is 10.0 Å². The van der Waals surface area contributed by atoms with Crippen molar-refractivity contribution in [1.82, 2.24) is 5.32 Å². The van der Waals surface area contributed by atoms with E-state index in [0.717, 1.165) is 34.6 Å². The predicted molar refractivity (Wildman–Crippen MR) is 150 cm³/mol. The number of alkyl halides is 5. The Morgan fingerprint density at radius 3 is 2.43 bits per heavy atom. The number of nitrogens with one attached hydrogen (secondary N) is 1. The van der Waals surface area contributed by atoms with Crippen molar-refractivity contribution in [3.63, 3.8) is 0 Å². The number of benzene rings is 3. The number of hydrogen-bond acceptors (Lipinski definition) is 6. The minimum atomic E-state index is -4.86. The van der Waals surface area contributed by atoms with Crippen LogP contribution >= 0.6 is 0 Å². The van der Waals surface area contributed by atoms with Crippen LogP contribution in [0.2, 0.25) is 0 Å². The van der Waals surface area contributed by atoms with Gasteiger partial charge in [-0.25, -0.2) is 12.8 Å². The Morgan fingerprint density at radius 2 is 1.80 bits per heavy atom. The number of carbonyl (C=O) groups is 2. The van der Waals surface area contributed by atoms with E-state index in [2.05, 4.69) is 10.1 Å². The van der Waals surface area contributed by atoms with Crippen LogP contribution in [0, 0.1) is 11.2 Å². The lowest BCUT2D eigenvalue weighted by atomic mass is 9.62. The Morgan fingerprint density at radius 1 is 1.09 bits per heavy atom. The maximum atomic E-state index is 14.3. The van der Waals surface area contributed by atoms with E-state index in [9.17, 15) is 49.5 Å². The monoisotopic (exact) mass is 672 g/mol. The van der Waals surface area contributed by atoms with E-state index in [1.165, 1.54) is 25.1 Å². The van der Waals surface area contributed by atoms with Crippen molar-refractivity contribution >= 4 is 27.6 Å². The third kappa shape index (κ3) is 6.71. The first-order valence-electron chi connectivity index (χ1n) is 13.7.